The van der Waals surface area contributed by atoms with Gasteiger partial charge in [0.05, 0.1) is 51.8 Å². The summed E-state index contributed by atoms with van der Waals surface area (Å²) in [5.74, 6) is -0.388. The molecule has 4 aliphatic heterocycles. The molecule has 6 aromatic heterocycles. The summed E-state index contributed by atoms with van der Waals surface area (Å²) in [5.41, 5.74) is 48.2. The van der Waals surface area contributed by atoms with Gasteiger partial charge in [0.2, 0.25) is 0 Å². The van der Waals surface area contributed by atoms with Crippen LogP contribution in [0.2, 0.25) is 0 Å². The first-order valence-electron chi connectivity index (χ1n) is 39.9. The minimum absolute atomic E-state index is 0.0583. The van der Waals surface area contributed by atoms with E-state index in [0.29, 0.717) is 16.8 Å². The minimum atomic E-state index is -0.388. The number of carbonyl (C=O) groups is 1. The molecule has 0 saturated carbocycles. The van der Waals surface area contributed by atoms with Crippen LogP contribution in [0.4, 0.5) is 0 Å². The minimum Gasteiger partial charge on any atom is -0.354 e. The van der Waals surface area contributed by atoms with Crippen molar-refractivity contribution < 1.29 is 4.79 Å². The summed E-state index contributed by atoms with van der Waals surface area (Å²) in [6.45, 7) is 39.7. The van der Waals surface area contributed by atoms with E-state index in [-0.39, 0.29) is 16.7 Å². The van der Waals surface area contributed by atoms with Crippen molar-refractivity contribution in [2.24, 2.45) is 5.10 Å². The van der Waals surface area contributed by atoms with Crippen molar-refractivity contribution in [2.45, 2.75) is 135 Å². The van der Waals surface area contributed by atoms with Gasteiger partial charge in [0.15, 0.2) is 0 Å². The number of amides is 1. The molecule has 7 aromatic carbocycles. The average Bonchev–Trinajstić information content (AvgIpc) is 1.62. The number of fused-ring (bicyclic) bond motifs is 16. The van der Waals surface area contributed by atoms with Crippen LogP contribution in [-0.4, -0.2) is 52.0 Å². The average molecular weight is 1500 g/mol. The van der Waals surface area contributed by atoms with Crippen molar-refractivity contribution in [3.8, 4) is 77.9 Å². The molecule has 0 saturated heterocycles. The molecule has 4 aliphatic rings. The Morgan fingerprint density at radius 1 is 0.287 bits per heavy atom. The number of carbonyl (C=O) groups excluding carboxylic acids is 1. The SMILES string of the molecule is Cc1cc(C)c(-c2c3nc(c(-c4ccc(C(C)(C)C)cc4)c4ccc([nH]4)c(/C=N/NC(=O)c4ccc(-c5c6nc(c(-c7c(C)cc(C)cc7C)c7ccc([nH]7)c(-c7c(C)cc(C)cc7C)c7nc(c(-c8c(C)cc(C)cc8C)c8ccc5[nH]8)C=C7)C=C6)cc4)c4nc(c(-c5ccc(C(C)(C)C)cc5)c5ccc2[nH]5)C=C4)C=C3)c(C)c1. The number of hydrazone groups is 1. The largest absolute Gasteiger partial charge is 0.354 e. The molecular weight excluding hydrogens is 1410 g/mol. The van der Waals surface area contributed by atoms with Crippen LogP contribution in [0.25, 0.3) is 171 Å². The Morgan fingerprint density at radius 2 is 0.513 bits per heavy atom. The van der Waals surface area contributed by atoms with Gasteiger partial charge in [-0.1, -0.05) is 173 Å². The highest BCUT2D eigenvalue weighted by Crippen LogP contribution is 2.45. The van der Waals surface area contributed by atoms with Gasteiger partial charge < -0.3 is 19.9 Å². The molecule has 11 nitrogen and oxygen atoms in total. The topological polar surface area (TPSA) is 156 Å². The van der Waals surface area contributed by atoms with E-state index >= 15 is 0 Å². The Bertz CT molecular complexity index is 6610. The molecule has 10 heterocycles. The summed E-state index contributed by atoms with van der Waals surface area (Å²) in [4.78, 5) is 53.3. The Morgan fingerprint density at radius 3 is 0.791 bits per heavy atom. The van der Waals surface area contributed by atoms with Crippen molar-refractivity contribution in [2.75, 3.05) is 0 Å². The lowest BCUT2D eigenvalue weighted by Gasteiger charge is -2.19. The molecule has 11 heteroatoms. The molecule has 0 radical (unpaired) electrons. The molecule has 13 aromatic rings. The Hall–Kier alpha value is -13.1. The first-order valence-corrected chi connectivity index (χ1v) is 39.9. The van der Waals surface area contributed by atoms with Gasteiger partial charge in [-0.15, -0.1) is 0 Å². The summed E-state index contributed by atoms with van der Waals surface area (Å²) in [5, 5.41) is 4.83. The second-order valence-corrected chi connectivity index (χ2v) is 34.1. The number of hydrogen-bond acceptors (Lipinski definition) is 6. The number of nitrogens with one attached hydrogen (secondary N) is 5. The molecule has 0 aliphatic carbocycles. The fraction of sp³-hybridized carbons (Fsp3) is 0.192. The molecule has 0 spiro atoms. The molecule has 115 heavy (non-hydrogen) atoms. The third-order valence-corrected chi connectivity index (χ3v) is 23.1. The van der Waals surface area contributed by atoms with Gasteiger partial charge in [-0.2, -0.15) is 5.10 Å². The maximum atomic E-state index is 14.9. The predicted octanol–water partition coefficient (Wildman–Crippen LogP) is 26.4. The van der Waals surface area contributed by atoms with Crippen LogP contribution >= 0.6 is 0 Å². The zero-order valence-electron chi connectivity index (χ0n) is 69.0. The summed E-state index contributed by atoms with van der Waals surface area (Å²) >= 11 is 0. The van der Waals surface area contributed by atoms with E-state index in [1.807, 2.05) is 30.3 Å². The summed E-state index contributed by atoms with van der Waals surface area (Å²) in [6, 6.07) is 60.9. The number of H-pyrrole nitrogens is 4. The van der Waals surface area contributed by atoms with Crippen molar-refractivity contribution in [3.63, 3.8) is 0 Å². The van der Waals surface area contributed by atoms with Gasteiger partial charge in [0.1, 0.15) is 0 Å². The zero-order valence-corrected chi connectivity index (χ0v) is 69.0. The fourth-order valence-corrected chi connectivity index (χ4v) is 18.1. The standard InChI is InChI=1S/C104H96N10O/c1-56-47-60(5)91(61(6)48-56)98-83-41-37-81(110-83)96(69-23-27-72(28-24-69)103(13,14)15)77-33-31-75(106-77)74(76-32-34-78(107-76)97(82-38-42-84(98)111-82)70-25-29-73(30-26-70)104(16,17)18)55-105-114-102(115)71-21-19-68(20-22-71)95-79-35-39-85(108-79)99(92-62(7)49-57(2)50-63(92)8)87-43-45-89(112-87)101(94-66(11)53-59(4)54-67(94)12)90-46-44-88(113-90)100(86-40-36-80(95)109-86)93-64(9)51-58(3)52-65(93)10/h19-55,106,108,111,113H,1-18H3,(H,114,115)/b75-74?,76-74?,95-79?,95-80?,96-77?,96-81?,97-78?,97-82?,98-83?,98-84?,99-85?,99-87?,100-86?,100-88?,101-89?,101-90?,105-55+. The molecule has 0 unspecified atom stereocenters. The smallest absolute Gasteiger partial charge is 0.271 e. The summed E-state index contributed by atoms with van der Waals surface area (Å²) < 4.78 is 0. The molecule has 568 valence electrons. The Kier molecular flexibility index (Phi) is 18.7. The molecule has 1 amide bonds. The number of aryl methyl sites for hydroxylation is 12. The van der Waals surface area contributed by atoms with Crippen LogP contribution in [-0.2, 0) is 10.8 Å². The Labute approximate surface area is 673 Å². The first kappa shape index (κ1) is 74.6. The Balaban J connectivity index is 0.830. The zero-order chi connectivity index (χ0) is 80.4. The number of benzene rings is 7. The number of nitrogens with zero attached hydrogens (tertiary/aromatic N) is 5. The van der Waals surface area contributed by atoms with Crippen LogP contribution in [0.3, 0.4) is 0 Å². The quantitative estimate of drug-likeness (QED) is 0.0681. The lowest BCUT2D eigenvalue weighted by molar-refractivity contribution is 0.0955. The molecular formula is C104H96N10O. The lowest BCUT2D eigenvalue weighted by atomic mass is 9.86. The van der Waals surface area contributed by atoms with E-state index in [2.05, 4.69) is 338 Å². The van der Waals surface area contributed by atoms with Crippen LogP contribution in [0.5, 0.6) is 0 Å². The van der Waals surface area contributed by atoms with Crippen LogP contribution in [0.1, 0.15) is 181 Å². The van der Waals surface area contributed by atoms with E-state index in [0.717, 1.165) is 184 Å². The van der Waals surface area contributed by atoms with E-state index in [1.54, 1.807) is 6.21 Å². The van der Waals surface area contributed by atoms with Gasteiger partial charge in [0, 0.05) is 94.2 Å². The van der Waals surface area contributed by atoms with Crippen LogP contribution in [0.15, 0.2) is 175 Å². The highest BCUT2D eigenvalue weighted by Gasteiger charge is 2.27. The number of aromatic nitrogens is 8. The third kappa shape index (κ3) is 13.8. The highest BCUT2D eigenvalue weighted by molar-refractivity contribution is 6.06. The van der Waals surface area contributed by atoms with Gasteiger partial charge in [-0.05, 0) is 298 Å². The van der Waals surface area contributed by atoms with E-state index in [9.17, 15) is 4.79 Å². The predicted molar refractivity (Wildman–Crippen MR) is 485 cm³/mol. The van der Waals surface area contributed by atoms with Crippen LogP contribution < -0.4 is 5.43 Å². The second kappa shape index (κ2) is 28.8. The molecule has 0 fully saturated rings. The normalized spacial score (nSPS) is 12.6. The van der Waals surface area contributed by atoms with Gasteiger partial charge in [0.25, 0.3) is 5.91 Å². The number of aromatic amines is 4. The summed E-state index contributed by atoms with van der Waals surface area (Å²) in [7, 11) is 0. The van der Waals surface area contributed by atoms with E-state index in [4.69, 9.17) is 25.0 Å². The van der Waals surface area contributed by atoms with Crippen molar-refractivity contribution >= 4 is 105 Å². The monoisotopic (exact) mass is 1500 g/mol. The van der Waals surface area contributed by atoms with Crippen molar-refractivity contribution in [1.29, 1.82) is 0 Å². The van der Waals surface area contributed by atoms with E-state index < -0.39 is 0 Å². The van der Waals surface area contributed by atoms with Gasteiger partial charge >= 0.3 is 0 Å². The third-order valence-electron chi connectivity index (χ3n) is 23.1. The highest BCUT2D eigenvalue weighted by atomic mass is 16.2. The molecule has 17 rings (SSSR count). The van der Waals surface area contributed by atoms with Gasteiger partial charge in [-0.3, -0.25) is 4.79 Å². The maximum absolute atomic E-state index is 14.9. The molecule has 5 N–H and O–H groups in total. The van der Waals surface area contributed by atoms with Crippen molar-refractivity contribution in [1.82, 2.24) is 45.3 Å². The second-order valence-electron chi connectivity index (χ2n) is 34.1. The number of hydrogen-bond donors (Lipinski definition) is 5. The van der Waals surface area contributed by atoms with Crippen molar-refractivity contribution in [3.05, 3.63) is 304 Å². The summed E-state index contributed by atoms with van der Waals surface area (Å²) in [6.07, 6.45) is 18.8. The van der Waals surface area contributed by atoms with Gasteiger partial charge in [-0.25, -0.2) is 25.4 Å². The molecule has 16 bridgehead atoms. The maximum Gasteiger partial charge on any atom is 0.271 e. The number of rotatable bonds is 10. The van der Waals surface area contributed by atoms with Crippen LogP contribution in [0, 0.1) is 83.1 Å². The van der Waals surface area contributed by atoms with E-state index in [1.165, 1.54) is 55.6 Å². The molecule has 0 atom stereocenters. The first-order chi connectivity index (χ1) is 55.1. The fourth-order valence-electron chi connectivity index (χ4n) is 18.1. The lowest BCUT2D eigenvalue weighted by Crippen LogP contribution is -2.17.